The van der Waals surface area contributed by atoms with Gasteiger partial charge in [0.1, 0.15) is 0 Å². The van der Waals surface area contributed by atoms with Crippen molar-refractivity contribution in [3.63, 3.8) is 0 Å². The molecule has 0 amide bonds. The third-order valence-electron chi connectivity index (χ3n) is 5.78. The molecule has 3 rings (SSSR count). The SMILES string of the molecule is O[C@H](CNCC1(N2CCCCC2)CCCCC1)COCc1cccs1. The van der Waals surface area contributed by atoms with E-state index in [1.807, 2.05) is 6.07 Å². The molecule has 2 aliphatic rings. The summed E-state index contributed by atoms with van der Waals surface area (Å²) >= 11 is 1.70. The molecule has 0 unspecified atom stereocenters. The lowest BCUT2D eigenvalue weighted by molar-refractivity contribution is 0.0156. The topological polar surface area (TPSA) is 44.7 Å². The predicted octanol–water partition coefficient (Wildman–Crippen LogP) is 3.40. The molecule has 0 radical (unpaired) electrons. The first kappa shape index (κ1) is 19.3. The van der Waals surface area contributed by atoms with E-state index < -0.39 is 6.10 Å². The number of hydrogen-bond acceptors (Lipinski definition) is 5. The van der Waals surface area contributed by atoms with Crippen LogP contribution in [0.2, 0.25) is 0 Å². The second-order valence-electron chi connectivity index (χ2n) is 7.71. The average molecular weight is 367 g/mol. The van der Waals surface area contributed by atoms with E-state index >= 15 is 0 Å². The second-order valence-corrected chi connectivity index (χ2v) is 8.74. The normalized spacial score (nSPS) is 22.8. The highest BCUT2D eigenvalue weighted by atomic mass is 32.1. The van der Waals surface area contributed by atoms with Gasteiger partial charge in [0, 0.05) is 23.5 Å². The zero-order valence-corrected chi connectivity index (χ0v) is 16.2. The molecule has 0 aromatic carbocycles. The van der Waals surface area contributed by atoms with E-state index in [1.54, 1.807) is 11.3 Å². The average Bonchev–Trinajstić information content (AvgIpc) is 3.17. The third kappa shape index (κ3) is 5.76. The summed E-state index contributed by atoms with van der Waals surface area (Å²) in [5.41, 5.74) is 0.330. The molecule has 0 spiro atoms. The van der Waals surface area contributed by atoms with Crippen molar-refractivity contribution in [3.05, 3.63) is 22.4 Å². The number of piperidine rings is 1. The van der Waals surface area contributed by atoms with Crippen LogP contribution < -0.4 is 5.32 Å². The maximum atomic E-state index is 10.2. The van der Waals surface area contributed by atoms with Gasteiger partial charge in [-0.25, -0.2) is 0 Å². The van der Waals surface area contributed by atoms with Crippen molar-refractivity contribution >= 4 is 11.3 Å². The minimum atomic E-state index is -0.429. The smallest absolute Gasteiger partial charge is 0.0897 e. The predicted molar refractivity (Wildman–Crippen MR) is 104 cm³/mol. The summed E-state index contributed by atoms with van der Waals surface area (Å²) < 4.78 is 5.63. The lowest BCUT2D eigenvalue weighted by Crippen LogP contribution is -2.58. The van der Waals surface area contributed by atoms with Gasteiger partial charge in [-0.3, -0.25) is 4.90 Å². The van der Waals surface area contributed by atoms with Crippen molar-refractivity contribution in [2.75, 3.05) is 32.8 Å². The van der Waals surface area contributed by atoms with Gasteiger partial charge in [-0.1, -0.05) is 31.7 Å². The Morgan fingerprint density at radius 1 is 1.16 bits per heavy atom. The van der Waals surface area contributed by atoms with Crippen molar-refractivity contribution in [2.24, 2.45) is 0 Å². The largest absolute Gasteiger partial charge is 0.389 e. The highest BCUT2D eigenvalue weighted by molar-refractivity contribution is 7.09. The number of nitrogens with one attached hydrogen (secondary N) is 1. The number of aliphatic hydroxyl groups is 1. The molecule has 4 nitrogen and oxygen atoms in total. The number of thiophene rings is 1. The first-order valence-corrected chi connectivity index (χ1v) is 10.9. The molecule has 1 aromatic rings. The molecule has 2 N–H and O–H groups in total. The zero-order valence-electron chi connectivity index (χ0n) is 15.4. The minimum absolute atomic E-state index is 0.330. The summed E-state index contributed by atoms with van der Waals surface area (Å²) in [4.78, 5) is 3.97. The monoisotopic (exact) mass is 366 g/mol. The molecular formula is C20H34N2O2S. The molecule has 1 atom stereocenters. The van der Waals surface area contributed by atoms with E-state index in [1.165, 1.54) is 69.3 Å². The summed E-state index contributed by atoms with van der Waals surface area (Å²) in [6.07, 6.45) is 10.4. The van der Waals surface area contributed by atoms with Crippen LogP contribution in [0.3, 0.4) is 0 Å². The van der Waals surface area contributed by atoms with Gasteiger partial charge < -0.3 is 15.2 Å². The summed E-state index contributed by atoms with van der Waals surface area (Å²) in [6, 6.07) is 4.10. The van der Waals surface area contributed by atoms with Gasteiger partial charge in [-0.05, 0) is 50.2 Å². The molecule has 25 heavy (non-hydrogen) atoms. The van der Waals surface area contributed by atoms with Crippen LogP contribution in [0, 0.1) is 0 Å². The Balaban J connectivity index is 1.39. The standard InChI is InChI=1S/C20H34N2O2S/c23-18(15-24-16-19-8-7-13-25-19)14-21-17-20(9-3-1-4-10-20)22-11-5-2-6-12-22/h7-8,13,18,21,23H,1-6,9-12,14-17H2/t18-/m1/s1. The summed E-state index contributed by atoms with van der Waals surface area (Å²) in [5, 5.41) is 15.8. The Hall–Kier alpha value is -0.460. The van der Waals surface area contributed by atoms with Gasteiger partial charge in [0.05, 0.1) is 19.3 Å². The maximum Gasteiger partial charge on any atom is 0.0897 e. The number of ether oxygens (including phenoxy) is 1. The molecule has 2 heterocycles. The van der Waals surface area contributed by atoms with Crippen molar-refractivity contribution < 1.29 is 9.84 Å². The second kappa shape index (κ2) is 10.0. The molecular weight excluding hydrogens is 332 g/mol. The number of hydrogen-bond donors (Lipinski definition) is 2. The molecule has 5 heteroatoms. The van der Waals surface area contributed by atoms with Crippen LogP contribution in [-0.2, 0) is 11.3 Å². The van der Waals surface area contributed by atoms with Crippen LogP contribution in [0.1, 0.15) is 56.2 Å². The van der Waals surface area contributed by atoms with E-state index in [-0.39, 0.29) is 0 Å². The molecule has 1 aromatic heterocycles. The molecule has 1 aliphatic carbocycles. The first-order valence-electron chi connectivity index (χ1n) is 10.0. The minimum Gasteiger partial charge on any atom is -0.389 e. The molecule has 2 fully saturated rings. The summed E-state index contributed by atoms with van der Waals surface area (Å²) in [5.74, 6) is 0. The van der Waals surface area contributed by atoms with Crippen LogP contribution in [0.4, 0.5) is 0 Å². The Morgan fingerprint density at radius 3 is 2.64 bits per heavy atom. The van der Waals surface area contributed by atoms with Crippen molar-refractivity contribution in [1.82, 2.24) is 10.2 Å². The van der Waals surface area contributed by atoms with Crippen LogP contribution in [0.5, 0.6) is 0 Å². The third-order valence-corrected chi connectivity index (χ3v) is 6.63. The molecule has 142 valence electrons. The van der Waals surface area contributed by atoms with E-state index in [0.717, 1.165) is 6.54 Å². The van der Waals surface area contributed by atoms with Crippen molar-refractivity contribution in [2.45, 2.75) is 69.6 Å². The first-order chi connectivity index (χ1) is 12.3. The van der Waals surface area contributed by atoms with Crippen LogP contribution in [-0.4, -0.2) is 54.4 Å². The van der Waals surface area contributed by atoms with E-state index in [0.29, 0.717) is 25.3 Å². The van der Waals surface area contributed by atoms with Crippen LogP contribution >= 0.6 is 11.3 Å². The Bertz CT molecular complexity index is 468. The molecule has 1 saturated carbocycles. The number of rotatable bonds is 9. The highest BCUT2D eigenvalue weighted by Crippen LogP contribution is 2.35. The van der Waals surface area contributed by atoms with Gasteiger partial charge in [-0.2, -0.15) is 0 Å². The highest BCUT2D eigenvalue weighted by Gasteiger charge is 2.37. The van der Waals surface area contributed by atoms with Crippen molar-refractivity contribution in [3.8, 4) is 0 Å². The van der Waals surface area contributed by atoms with Crippen LogP contribution in [0.15, 0.2) is 17.5 Å². The Morgan fingerprint density at radius 2 is 1.92 bits per heavy atom. The maximum absolute atomic E-state index is 10.2. The number of aliphatic hydroxyl groups excluding tert-OH is 1. The van der Waals surface area contributed by atoms with E-state index in [2.05, 4.69) is 21.7 Å². The number of nitrogens with zero attached hydrogens (tertiary/aromatic N) is 1. The van der Waals surface area contributed by atoms with E-state index in [9.17, 15) is 5.11 Å². The number of likely N-dealkylation sites (tertiary alicyclic amines) is 1. The summed E-state index contributed by atoms with van der Waals surface area (Å²) in [7, 11) is 0. The van der Waals surface area contributed by atoms with Gasteiger partial charge in [-0.15, -0.1) is 11.3 Å². The van der Waals surface area contributed by atoms with Gasteiger partial charge in [0.25, 0.3) is 0 Å². The lowest BCUT2D eigenvalue weighted by Gasteiger charge is -2.48. The summed E-state index contributed by atoms with van der Waals surface area (Å²) in [6.45, 7) is 5.16. The quantitative estimate of drug-likeness (QED) is 0.703. The fourth-order valence-electron chi connectivity index (χ4n) is 4.40. The van der Waals surface area contributed by atoms with Crippen LogP contribution in [0.25, 0.3) is 0 Å². The zero-order chi connectivity index (χ0) is 17.4. The van der Waals surface area contributed by atoms with Crippen molar-refractivity contribution in [1.29, 1.82) is 0 Å². The molecule has 0 bridgehead atoms. The Labute approximate surface area is 156 Å². The fraction of sp³-hybridized carbons (Fsp3) is 0.800. The molecule has 1 saturated heterocycles. The van der Waals surface area contributed by atoms with Gasteiger partial charge >= 0.3 is 0 Å². The Kier molecular flexibility index (Phi) is 7.74. The fourth-order valence-corrected chi connectivity index (χ4v) is 5.04. The van der Waals surface area contributed by atoms with Gasteiger partial charge in [0.15, 0.2) is 0 Å². The van der Waals surface area contributed by atoms with Gasteiger partial charge in [0.2, 0.25) is 0 Å². The lowest BCUT2D eigenvalue weighted by atomic mass is 9.79. The molecule has 1 aliphatic heterocycles. The van der Waals surface area contributed by atoms with E-state index in [4.69, 9.17) is 4.74 Å².